The van der Waals surface area contributed by atoms with Gasteiger partial charge in [0.25, 0.3) is 0 Å². The van der Waals surface area contributed by atoms with Gasteiger partial charge in [0.15, 0.2) is 0 Å². The molecule has 0 aliphatic carbocycles. The number of piperidine rings is 1. The summed E-state index contributed by atoms with van der Waals surface area (Å²) < 4.78 is 0. The molecule has 94 valence electrons. The van der Waals surface area contributed by atoms with Gasteiger partial charge in [-0.3, -0.25) is 0 Å². The predicted octanol–water partition coefficient (Wildman–Crippen LogP) is 3.15. The molecule has 0 aromatic heterocycles. The summed E-state index contributed by atoms with van der Waals surface area (Å²) in [6.45, 7) is 6.12. The number of carbonyl (C=O) groups is 1. The van der Waals surface area contributed by atoms with Gasteiger partial charge in [-0.1, -0.05) is 26.2 Å². The smallest absolute Gasteiger partial charge is 0.317 e. The number of nitrogens with zero attached hydrogens (tertiary/aromatic N) is 1. The van der Waals surface area contributed by atoms with Gasteiger partial charge >= 0.3 is 6.03 Å². The highest BCUT2D eigenvalue weighted by molar-refractivity contribution is 5.74. The van der Waals surface area contributed by atoms with Crippen molar-refractivity contribution in [2.24, 2.45) is 0 Å². The van der Waals surface area contributed by atoms with E-state index in [1.54, 1.807) is 0 Å². The molecule has 0 unspecified atom stereocenters. The predicted molar refractivity (Wildman–Crippen MR) is 67.6 cm³/mol. The highest BCUT2D eigenvalue weighted by Crippen LogP contribution is 2.16. The van der Waals surface area contributed by atoms with Gasteiger partial charge in [0.05, 0.1) is 0 Å². The molecule has 1 fully saturated rings. The first kappa shape index (κ1) is 13.3. The first-order valence-corrected chi connectivity index (χ1v) is 6.80. The molecule has 2 amide bonds. The van der Waals surface area contributed by atoms with E-state index in [4.69, 9.17) is 0 Å². The first-order valence-electron chi connectivity index (χ1n) is 6.80. The van der Waals surface area contributed by atoms with Crippen molar-refractivity contribution >= 4 is 6.03 Å². The Kier molecular flexibility index (Phi) is 6.27. The minimum Gasteiger partial charge on any atom is -0.338 e. The molecule has 0 bridgehead atoms. The summed E-state index contributed by atoms with van der Waals surface area (Å²) in [7, 11) is 0. The Hall–Kier alpha value is -0.730. The zero-order chi connectivity index (χ0) is 11.8. The number of carbonyl (C=O) groups excluding carboxylic acids is 1. The van der Waals surface area contributed by atoms with Crippen molar-refractivity contribution < 1.29 is 4.79 Å². The van der Waals surface area contributed by atoms with Crippen LogP contribution in [0.25, 0.3) is 0 Å². The average Bonchev–Trinajstić information content (AvgIpc) is 2.29. The molecule has 1 aliphatic rings. The normalized spacial score (nSPS) is 20.9. The highest BCUT2D eigenvalue weighted by Gasteiger charge is 2.22. The SMILES string of the molecule is CCCCCCNC(=O)N1CCCC[C@H]1C. The molecule has 1 N–H and O–H groups in total. The lowest BCUT2D eigenvalue weighted by Gasteiger charge is -2.33. The quantitative estimate of drug-likeness (QED) is 0.718. The largest absolute Gasteiger partial charge is 0.338 e. The number of urea groups is 1. The summed E-state index contributed by atoms with van der Waals surface area (Å²) in [5.74, 6) is 0. The van der Waals surface area contributed by atoms with Gasteiger partial charge in [0.1, 0.15) is 0 Å². The number of likely N-dealkylation sites (tertiary alicyclic amines) is 1. The van der Waals surface area contributed by atoms with E-state index in [9.17, 15) is 4.79 Å². The molecule has 0 aromatic rings. The Morgan fingerprint density at radius 3 is 2.81 bits per heavy atom. The van der Waals surface area contributed by atoms with E-state index in [2.05, 4.69) is 19.2 Å². The van der Waals surface area contributed by atoms with Crippen LogP contribution in [0.1, 0.15) is 58.8 Å². The highest BCUT2D eigenvalue weighted by atomic mass is 16.2. The summed E-state index contributed by atoms with van der Waals surface area (Å²) in [5, 5.41) is 3.03. The summed E-state index contributed by atoms with van der Waals surface area (Å²) >= 11 is 0. The second-order valence-corrected chi connectivity index (χ2v) is 4.83. The molecule has 1 aliphatic heterocycles. The van der Waals surface area contributed by atoms with E-state index in [0.29, 0.717) is 6.04 Å². The van der Waals surface area contributed by atoms with Gasteiger partial charge in [-0.2, -0.15) is 0 Å². The Morgan fingerprint density at radius 2 is 2.12 bits per heavy atom. The molecule has 16 heavy (non-hydrogen) atoms. The number of hydrogen-bond donors (Lipinski definition) is 1. The van der Waals surface area contributed by atoms with Crippen LogP contribution in [-0.2, 0) is 0 Å². The Morgan fingerprint density at radius 1 is 1.31 bits per heavy atom. The third-order valence-electron chi connectivity index (χ3n) is 3.37. The second kappa shape index (κ2) is 7.53. The zero-order valence-electron chi connectivity index (χ0n) is 10.8. The summed E-state index contributed by atoms with van der Waals surface area (Å²) in [4.78, 5) is 13.8. The molecule has 0 saturated carbocycles. The molecule has 1 heterocycles. The minimum absolute atomic E-state index is 0.142. The Balaban J connectivity index is 2.13. The molecule has 1 rings (SSSR count). The summed E-state index contributed by atoms with van der Waals surface area (Å²) in [6, 6.07) is 0.563. The monoisotopic (exact) mass is 226 g/mol. The number of amides is 2. The molecule has 1 atom stereocenters. The lowest BCUT2D eigenvalue weighted by atomic mass is 10.0. The molecule has 0 spiro atoms. The van der Waals surface area contributed by atoms with Crippen LogP contribution in [0.3, 0.4) is 0 Å². The molecular formula is C13H26N2O. The number of nitrogens with one attached hydrogen (secondary N) is 1. The van der Waals surface area contributed by atoms with Gasteiger partial charge in [-0.15, -0.1) is 0 Å². The van der Waals surface area contributed by atoms with E-state index in [0.717, 1.165) is 32.4 Å². The van der Waals surface area contributed by atoms with Crippen LogP contribution in [0.5, 0.6) is 0 Å². The summed E-state index contributed by atoms with van der Waals surface area (Å²) in [6.07, 6.45) is 8.44. The maximum atomic E-state index is 11.9. The standard InChI is InChI=1S/C13H26N2O/c1-3-4-5-7-10-14-13(16)15-11-8-6-9-12(15)2/h12H,3-11H2,1-2H3,(H,14,16)/t12-/m1/s1. The van der Waals surface area contributed by atoms with Crippen LogP contribution in [0.2, 0.25) is 0 Å². The van der Waals surface area contributed by atoms with Crippen molar-refractivity contribution in [1.82, 2.24) is 10.2 Å². The number of rotatable bonds is 5. The molecular weight excluding hydrogens is 200 g/mol. The lowest BCUT2D eigenvalue weighted by Crippen LogP contribution is -2.47. The number of unbranched alkanes of at least 4 members (excludes halogenated alkanes) is 3. The van der Waals surface area contributed by atoms with E-state index in [1.807, 2.05) is 4.90 Å². The van der Waals surface area contributed by atoms with Crippen molar-refractivity contribution in [1.29, 1.82) is 0 Å². The fraction of sp³-hybridized carbons (Fsp3) is 0.923. The lowest BCUT2D eigenvalue weighted by molar-refractivity contribution is 0.158. The van der Waals surface area contributed by atoms with Crippen LogP contribution in [-0.4, -0.2) is 30.1 Å². The molecule has 1 saturated heterocycles. The fourth-order valence-electron chi connectivity index (χ4n) is 2.25. The first-order chi connectivity index (χ1) is 7.75. The fourth-order valence-corrected chi connectivity index (χ4v) is 2.25. The van der Waals surface area contributed by atoms with Gasteiger partial charge in [-0.25, -0.2) is 4.79 Å². The van der Waals surface area contributed by atoms with E-state index >= 15 is 0 Å². The molecule has 3 nitrogen and oxygen atoms in total. The maximum Gasteiger partial charge on any atom is 0.317 e. The molecule has 3 heteroatoms. The van der Waals surface area contributed by atoms with Crippen LogP contribution in [0, 0.1) is 0 Å². The second-order valence-electron chi connectivity index (χ2n) is 4.83. The maximum absolute atomic E-state index is 11.9. The third-order valence-corrected chi connectivity index (χ3v) is 3.37. The minimum atomic E-state index is 0.142. The van der Waals surface area contributed by atoms with Crippen molar-refractivity contribution in [3.05, 3.63) is 0 Å². The number of hydrogen-bond acceptors (Lipinski definition) is 1. The third kappa shape index (κ3) is 4.42. The van der Waals surface area contributed by atoms with Crippen LogP contribution >= 0.6 is 0 Å². The molecule has 0 radical (unpaired) electrons. The van der Waals surface area contributed by atoms with E-state index < -0.39 is 0 Å². The van der Waals surface area contributed by atoms with Crippen molar-refractivity contribution in [2.75, 3.05) is 13.1 Å². The summed E-state index contributed by atoms with van der Waals surface area (Å²) in [5.41, 5.74) is 0. The van der Waals surface area contributed by atoms with Crippen molar-refractivity contribution in [2.45, 2.75) is 64.8 Å². The van der Waals surface area contributed by atoms with Crippen molar-refractivity contribution in [3.8, 4) is 0 Å². The van der Waals surface area contributed by atoms with Crippen molar-refractivity contribution in [3.63, 3.8) is 0 Å². The van der Waals surface area contributed by atoms with Crippen LogP contribution in [0.15, 0.2) is 0 Å². The Labute approximate surface area is 99.6 Å². The van der Waals surface area contributed by atoms with Gasteiger partial charge in [0.2, 0.25) is 0 Å². The van der Waals surface area contributed by atoms with Crippen LogP contribution in [0.4, 0.5) is 4.79 Å². The zero-order valence-corrected chi connectivity index (χ0v) is 10.8. The average molecular weight is 226 g/mol. The van der Waals surface area contributed by atoms with Gasteiger partial charge in [-0.05, 0) is 32.6 Å². The topological polar surface area (TPSA) is 32.3 Å². The van der Waals surface area contributed by atoms with E-state index in [-0.39, 0.29) is 6.03 Å². The Bertz CT molecular complexity index is 206. The van der Waals surface area contributed by atoms with Gasteiger partial charge < -0.3 is 10.2 Å². The molecule has 0 aromatic carbocycles. The van der Waals surface area contributed by atoms with Gasteiger partial charge in [0, 0.05) is 19.1 Å². The van der Waals surface area contributed by atoms with E-state index in [1.165, 1.54) is 25.7 Å². The van der Waals surface area contributed by atoms with Crippen LogP contribution < -0.4 is 5.32 Å².